The molecule has 0 unspecified atom stereocenters. The van der Waals surface area contributed by atoms with Crippen LogP contribution in [0.1, 0.15) is 12.5 Å². The number of hydrazone groups is 1. The first-order valence-electron chi connectivity index (χ1n) is 7.73. The summed E-state index contributed by atoms with van der Waals surface area (Å²) in [7, 11) is 0. The zero-order chi connectivity index (χ0) is 16.8. The molecule has 0 saturated heterocycles. The average molecular weight is 338 g/mol. The Kier molecular flexibility index (Phi) is 5.28. The molecule has 122 valence electrons. The number of benzene rings is 2. The van der Waals surface area contributed by atoms with E-state index in [1.54, 1.807) is 6.21 Å². The summed E-state index contributed by atoms with van der Waals surface area (Å²) in [5.74, 6) is 0.122. The predicted molar refractivity (Wildman–Crippen MR) is 98.3 cm³/mol. The molecule has 3 aromatic rings. The number of aromatic nitrogens is 2. The second kappa shape index (κ2) is 7.79. The number of nitrogens with zero attached hydrogens (tertiary/aromatic N) is 3. The molecule has 5 nitrogen and oxygen atoms in total. The number of amides is 1. The Labute approximate surface area is 144 Å². The van der Waals surface area contributed by atoms with Crippen molar-refractivity contribution in [2.24, 2.45) is 5.10 Å². The molecule has 6 heteroatoms. The maximum Gasteiger partial charge on any atom is 0.250 e. The summed E-state index contributed by atoms with van der Waals surface area (Å²) in [5, 5.41) is 4.82. The zero-order valence-electron chi connectivity index (χ0n) is 13.3. The quantitative estimate of drug-likeness (QED) is 0.426. The normalized spacial score (nSPS) is 11.2. The van der Waals surface area contributed by atoms with Crippen LogP contribution in [0.3, 0.4) is 0 Å². The highest BCUT2D eigenvalue weighted by atomic mass is 32.2. The van der Waals surface area contributed by atoms with E-state index < -0.39 is 0 Å². The number of aryl methyl sites for hydroxylation is 1. The number of hydrogen-bond acceptors (Lipinski definition) is 4. The Bertz CT molecular complexity index is 858. The lowest BCUT2D eigenvalue weighted by Crippen LogP contribution is -2.20. The highest BCUT2D eigenvalue weighted by Gasteiger charge is 2.11. The van der Waals surface area contributed by atoms with E-state index in [9.17, 15) is 4.79 Å². The second-order valence-electron chi connectivity index (χ2n) is 5.12. The van der Waals surface area contributed by atoms with Gasteiger partial charge in [-0.25, -0.2) is 10.4 Å². The van der Waals surface area contributed by atoms with Gasteiger partial charge in [0.05, 0.1) is 23.0 Å². The topological polar surface area (TPSA) is 59.3 Å². The molecule has 3 rings (SSSR count). The van der Waals surface area contributed by atoms with E-state index in [0.29, 0.717) is 0 Å². The van der Waals surface area contributed by atoms with Gasteiger partial charge in [-0.1, -0.05) is 54.2 Å². The molecule has 0 aliphatic rings. The van der Waals surface area contributed by atoms with Crippen molar-refractivity contribution in [3.05, 3.63) is 60.2 Å². The van der Waals surface area contributed by atoms with Gasteiger partial charge in [0.2, 0.25) is 0 Å². The van der Waals surface area contributed by atoms with Crippen LogP contribution in [0.5, 0.6) is 0 Å². The number of hydrogen-bond donors (Lipinski definition) is 1. The zero-order valence-corrected chi connectivity index (χ0v) is 14.2. The van der Waals surface area contributed by atoms with Crippen molar-refractivity contribution in [1.29, 1.82) is 0 Å². The summed E-state index contributed by atoms with van der Waals surface area (Å²) >= 11 is 1.42. The molecule has 1 N–H and O–H groups in total. The first-order chi connectivity index (χ1) is 11.8. The molecular formula is C18H18N4OS. The molecule has 1 heterocycles. The maximum atomic E-state index is 11.9. The number of imidazole rings is 1. The molecule has 0 radical (unpaired) electrons. The van der Waals surface area contributed by atoms with Crippen LogP contribution in [0.25, 0.3) is 11.0 Å². The molecule has 0 spiro atoms. The molecule has 1 aromatic heterocycles. The fraction of sp³-hybridized carbons (Fsp3) is 0.167. The minimum atomic E-state index is -0.151. The van der Waals surface area contributed by atoms with Gasteiger partial charge in [0.15, 0.2) is 5.16 Å². The summed E-state index contributed by atoms with van der Waals surface area (Å²) < 4.78 is 2.11. The van der Waals surface area contributed by atoms with E-state index in [4.69, 9.17) is 0 Å². The van der Waals surface area contributed by atoms with E-state index in [1.807, 2.05) is 54.6 Å². The Morgan fingerprint density at radius 2 is 1.96 bits per heavy atom. The first-order valence-corrected chi connectivity index (χ1v) is 8.71. The Morgan fingerprint density at radius 1 is 1.21 bits per heavy atom. The average Bonchev–Trinajstić information content (AvgIpc) is 2.98. The third-order valence-corrected chi connectivity index (χ3v) is 4.45. The Balaban J connectivity index is 1.59. The van der Waals surface area contributed by atoms with E-state index in [0.717, 1.165) is 28.3 Å². The Hall–Kier alpha value is -2.60. The van der Waals surface area contributed by atoms with Crippen LogP contribution in [-0.2, 0) is 11.3 Å². The van der Waals surface area contributed by atoms with Crippen molar-refractivity contribution < 1.29 is 4.79 Å². The molecule has 0 fully saturated rings. The fourth-order valence-corrected chi connectivity index (χ4v) is 3.22. The van der Waals surface area contributed by atoms with Crippen LogP contribution < -0.4 is 5.43 Å². The van der Waals surface area contributed by atoms with Crippen LogP contribution >= 0.6 is 11.8 Å². The molecule has 0 saturated carbocycles. The Morgan fingerprint density at radius 3 is 2.75 bits per heavy atom. The van der Waals surface area contributed by atoms with E-state index in [1.165, 1.54) is 11.8 Å². The summed E-state index contributed by atoms with van der Waals surface area (Å²) in [6.45, 7) is 2.89. The maximum absolute atomic E-state index is 11.9. The predicted octanol–water partition coefficient (Wildman–Crippen LogP) is 3.30. The lowest BCUT2D eigenvalue weighted by Gasteiger charge is -2.04. The monoisotopic (exact) mass is 338 g/mol. The van der Waals surface area contributed by atoms with Crippen molar-refractivity contribution >= 4 is 34.9 Å². The van der Waals surface area contributed by atoms with Crippen molar-refractivity contribution in [3.63, 3.8) is 0 Å². The molecule has 0 aliphatic heterocycles. The summed E-state index contributed by atoms with van der Waals surface area (Å²) in [6.07, 6.45) is 1.63. The molecule has 2 aromatic carbocycles. The lowest BCUT2D eigenvalue weighted by atomic mass is 10.2. The van der Waals surface area contributed by atoms with Crippen LogP contribution in [0, 0.1) is 0 Å². The van der Waals surface area contributed by atoms with Gasteiger partial charge in [0.25, 0.3) is 5.91 Å². The molecular weight excluding hydrogens is 320 g/mol. The molecule has 0 aliphatic carbocycles. The first kappa shape index (κ1) is 16.3. The number of carbonyl (C=O) groups excluding carboxylic acids is 1. The summed E-state index contributed by atoms with van der Waals surface area (Å²) in [4.78, 5) is 16.5. The number of para-hydroxylation sites is 2. The van der Waals surface area contributed by atoms with Crippen LogP contribution in [0.4, 0.5) is 0 Å². The van der Waals surface area contributed by atoms with Crippen molar-refractivity contribution in [1.82, 2.24) is 15.0 Å². The van der Waals surface area contributed by atoms with E-state index >= 15 is 0 Å². The third-order valence-electron chi connectivity index (χ3n) is 3.47. The molecule has 0 atom stereocenters. The molecule has 24 heavy (non-hydrogen) atoms. The van der Waals surface area contributed by atoms with Gasteiger partial charge in [0, 0.05) is 6.54 Å². The number of carbonyl (C=O) groups is 1. The summed E-state index contributed by atoms with van der Waals surface area (Å²) in [6, 6.07) is 17.6. The van der Waals surface area contributed by atoms with Crippen molar-refractivity contribution in [2.75, 3.05) is 5.75 Å². The van der Waals surface area contributed by atoms with Gasteiger partial charge in [-0.15, -0.1) is 0 Å². The van der Waals surface area contributed by atoms with E-state index in [-0.39, 0.29) is 11.7 Å². The summed E-state index contributed by atoms with van der Waals surface area (Å²) in [5.41, 5.74) is 5.52. The minimum absolute atomic E-state index is 0.151. The van der Waals surface area contributed by atoms with Gasteiger partial charge < -0.3 is 4.57 Å². The lowest BCUT2D eigenvalue weighted by molar-refractivity contribution is -0.118. The molecule has 0 bridgehead atoms. The highest BCUT2D eigenvalue weighted by Crippen LogP contribution is 2.23. The third kappa shape index (κ3) is 3.83. The van der Waals surface area contributed by atoms with Crippen molar-refractivity contribution in [3.8, 4) is 0 Å². The minimum Gasteiger partial charge on any atom is -0.319 e. The van der Waals surface area contributed by atoms with Crippen LogP contribution in [0.2, 0.25) is 0 Å². The fourth-order valence-electron chi connectivity index (χ4n) is 2.35. The number of fused-ring (bicyclic) bond motifs is 1. The van der Waals surface area contributed by atoms with Crippen molar-refractivity contribution in [2.45, 2.75) is 18.6 Å². The van der Waals surface area contributed by atoms with Gasteiger partial charge in [-0.2, -0.15) is 5.10 Å². The van der Waals surface area contributed by atoms with Gasteiger partial charge in [-0.3, -0.25) is 4.79 Å². The van der Waals surface area contributed by atoms with E-state index in [2.05, 4.69) is 27.0 Å². The SMILES string of the molecule is CCn1c(SCC(=O)N/N=C/c2ccccc2)nc2ccccc21. The number of thioether (sulfide) groups is 1. The largest absolute Gasteiger partial charge is 0.319 e. The van der Waals surface area contributed by atoms with Crippen LogP contribution in [-0.4, -0.2) is 27.4 Å². The van der Waals surface area contributed by atoms with Gasteiger partial charge >= 0.3 is 0 Å². The van der Waals surface area contributed by atoms with Gasteiger partial charge in [-0.05, 0) is 24.6 Å². The second-order valence-corrected chi connectivity index (χ2v) is 6.06. The number of rotatable bonds is 6. The van der Waals surface area contributed by atoms with Crippen LogP contribution in [0.15, 0.2) is 64.9 Å². The van der Waals surface area contributed by atoms with Gasteiger partial charge in [0.1, 0.15) is 0 Å². The number of nitrogens with one attached hydrogen (secondary N) is 1. The standard InChI is InChI=1S/C18H18N4OS/c1-2-22-16-11-7-6-10-15(16)20-18(22)24-13-17(23)21-19-12-14-8-4-3-5-9-14/h3-12H,2,13H2,1H3,(H,21,23)/b19-12+. The molecule has 1 amide bonds. The highest BCUT2D eigenvalue weighted by molar-refractivity contribution is 7.99. The smallest absolute Gasteiger partial charge is 0.250 e.